The van der Waals surface area contributed by atoms with Crippen molar-refractivity contribution in [2.24, 2.45) is 30.7 Å². The minimum atomic E-state index is -0.215. The van der Waals surface area contributed by atoms with E-state index in [1.807, 2.05) is 97.9 Å². The minimum Gasteiger partial charge on any atom is -0.494 e. The van der Waals surface area contributed by atoms with Gasteiger partial charge in [0.15, 0.2) is 0 Å². The molecule has 12 heteroatoms. The molecular weight excluding hydrogens is 624 g/mol. The molecule has 4 rings (SSSR count). The smallest absolute Gasteiger partial charge is 0.305 e. The Balaban J connectivity index is 1.22. The average Bonchev–Trinajstić information content (AvgIpc) is 3.11. The maximum atomic E-state index is 11.4. The molecule has 0 N–H and O–H groups in total. The number of hydrogen-bond donors (Lipinski definition) is 0. The topological polar surface area (TPSA) is 145 Å². The van der Waals surface area contributed by atoms with Crippen LogP contribution in [0.4, 0.5) is 34.1 Å². The molecule has 0 aromatic heterocycles. The van der Waals surface area contributed by atoms with Gasteiger partial charge in [-0.1, -0.05) is 0 Å². The van der Waals surface area contributed by atoms with Gasteiger partial charge in [0.1, 0.15) is 11.5 Å². The number of nitrogens with zero attached hydrogens (tertiary/aromatic N) is 6. The molecule has 0 radical (unpaired) electrons. The standard InChI is InChI=1S/C37H40N6O6/c1-4-46-36(44)8-6-24-48-33-19-14-30(15-20-33)39-38-28-10-12-29(13-11-28)41-43-35-23-18-32(26-27(35)3)42-40-31-16-21-34(22-17-31)49-25-7-9-37(45)47-5-2/h10-23,26H,4-9,24-25H2,1-3H3. The molecule has 0 saturated carbocycles. The number of aryl methyl sites for hydroxylation is 1. The Bertz CT molecular complexity index is 1720. The van der Waals surface area contributed by atoms with E-state index in [-0.39, 0.29) is 11.9 Å². The van der Waals surface area contributed by atoms with E-state index in [1.54, 1.807) is 13.8 Å². The summed E-state index contributed by atoms with van der Waals surface area (Å²) in [5.41, 5.74) is 5.05. The van der Waals surface area contributed by atoms with Crippen LogP contribution in [0.25, 0.3) is 0 Å². The molecule has 0 aliphatic heterocycles. The van der Waals surface area contributed by atoms with E-state index < -0.39 is 0 Å². The van der Waals surface area contributed by atoms with Crippen molar-refractivity contribution in [2.45, 2.75) is 46.5 Å². The van der Waals surface area contributed by atoms with Gasteiger partial charge in [0.25, 0.3) is 0 Å². The maximum absolute atomic E-state index is 11.4. The minimum absolute atomic E-state index is 0.215. The Morgan fingerprint density at radius 2 is 0.878 bits per heavy atom. The molecule has 0 unspecified atom stereocenters. The summed E-state index contributed by atoms with van der Waals surface area (Å²) < 4.78 is 21.2. The molecule has 4 aromatic rings. The van der Waals surface area contributed by atoms with E-state index in [0.717, 1.165) is 11.3 Å². The average molecular weight is 665 g/mol. The third kappa shape index (κ3) is 13.1. The van der Waals surface area contributed by atoms with Crippen LogP contribution in [-0.4, -0.2) is 38.4 Å². The Hall–Kier alpha value is -5.78. The van der Waals surface area contributed by atoms with Crippen LogP contribution in [0.15, 0.2) is 122 Å². The van der Waals surface area contributed by atoms with Gasteiger partial charge >= 0.3 is 11.9 Å². The predicted octanol–water partition coefficient (Wildman–Crippen LogP) is 10.7. The number of rotatable bonds is 18. The molecule has 0 aliphatic carbocycles. The Morgan fingerprint density at radius 1 is 0.510 bits per heavy atom. The van der Waals surface area contributed by atoms with Gasteiger partial charge < -0.3 is 18.9 Å². The zero-order valence-corrected chi connectivity index (χ0v) is 27.9. The highest BCUT2D eigenvalue weighted by Gasteiger charge is 2.04. The SMILES string of the molecule is CCOC(=O)CCCOc1ccc(N=Nc2ccc(N=Nc3ccc(N=Nc4ccc(OCCCC(=O)OCC)cc4)cc3C)cc2)cc1. The molecule has 49 heavy (non-hydrogen) atoms. The molecule has 0 spiro atoms. The van der Waals surface area contributed by atoms with E-state index in [1.165, 1.54) is 0 Å². The molecule has 0 saturated heterocycles. The summed E-state index contributed by atoms with van der Waals surface area (Å²) in [7, 11) is 0. The zero-order chi connectivity index (χ0) is 34.7. The first kappa shape index (κ1) is 36.1. The van der Waals surface area contributed by atoms with Crippen LogP contribution in [-0.2, 0) is 19.1 Å². The summed E-state index contributed by atoms with van der Waals surface area (Å²) in [5, 5.41) is 26.0. The normalized spacial score (nSPS) is 11.3. The van der Waals surface area contributed by atoms with E-state index in [0.29, 0.717) is 92.0 Å². The van der Waals surface area contributed by atoms with Crippen LogP contribution < -0.4 is 9.47 Å². The summed E-state index contributed by atoms with van der Waals surface area (Å²) in [4.78, 5) is 22.8. The summed E-state index contributed by atoms with van der Waals surface area (Å²) in [6.07, 6.45) is 1.85. The van der Waals surface area contributed by atoms with Crippen molar-refractivity contribution in [1.82, 2.24) is 0 Å². The van der Waals surface area contributed by atoms with Gasteiger partial charge in [0.2, 0.25) is 0 Å². The summed E-state index contributed by atoms with van der Waals surface area (Å²) >= 11 is 0. The van der Waals surface area contributed by atoms with Crippen LogP contribution in [0.1, 0.15) is 45.1 Å². The highest BCUT2D eigenvalue weighted by Crippen LogP contribution is 2.29. The fourth-order valence-corrected chi connectivity index (χ4v) is 4.24. The van der Waals surface area contributed by atoms with Gasteiger partial charge in [0, 0.05) is 12.8 Å². The van der Waals surface area contributed by atoms with Crippen LogP contribution in [0, 0.1) is 6.92 Å². The quantitative estimate of drug-likeness (QED) is 0.0587. The van der Waals surface area contributed by atoms with Gasteiger partial charge in [-0.3, -0.25) is 9.59 Å². The lowest BCUT2D eigenvalue weighted by atomic mass is 10.2. The zero-order valence-electron chi connectivity index (χ0n) is 27.9. The molecule has 0 fully saturated rings. The van der Waals surface area contributed by atoms with E-state index >= 15 is 0 Å². The molecule has 254 valence electrons. The fraction of sp³-hybridized carbons (Fsp3) is 0.297. The van der Waals surface area contributed by atoms with Crippen molar-refractivity contribution in [3.63, 3.8) is 0 Å². The second-order valence-corrected chi connectivity index (χ2v) is 10.6. The number of esters is 2. The van der Waals surface area contributed by atoms with Crippen molar-refractivity contribution in [3.05, 3.63) is 96.6 Å². The number of benzene rings is 4. The van der Waals surface area contributed by atoms with E-state index in [9.17, 15) is 9.59 Å². The van der Waals surface area contributed by atoms with Gasteiger partial charge in [-0.05, 0) is 130 Å². The number of carbonyl (C=O) groups excluding carboxylic acids is 2. The van der Waals surface area contributed by atoms with Gasteiger partial charge in [-0.15, -0.1) is 0 Å². The van der Waals surface area contributed by atoms with Crippen molar-refractivity contribution in [2.75, 3.05) is 26.4 Å². The van der Waals surface area contributed by atoms with Crippen molar-refractivity contribution in [1.29, 1.82) is 0 Å². The van der Waals surface area contributed by atoms with Crippen molar-refractivity contribution < 1.29 is 28.5 Å². The van der Waals surface area contributed by atoms with Crippen molar-refractivity contribution >= 4 is 46.1 Å². The predicted molar refractivity (Wildman–Crippen MR) is 186 cm³/mol. The van der Waals surface area contributed by atoms with E-state index in [4.69, 9.17) is 18.9 Å². The Labute approximate surface area is 285 Å². The molecule has 0 aliphatic rings. The van der Waals surface area contributed by atoms with Gasteiger partial charge in [0.05, 0.1) is 60.6 Å². The number of ether oxygens (including phenoxy) is 4. The molecule has 12 nitrogen and oxygen atoms in total. The highest BCUT2D eigenvalue weighted by atomic mass is 16.5. The van der Waals surface area contributed by atoms with Crippen LogP contribution in [0.3, 0.4) is 0 Å². The number of azo groups is 3. The summed E-state index contributed by atoms with van der Waals surface area (Å²) in [5.74, 6) is 0.963. The molecule has 0 atom stereocenters. The van der Waals surface area contributed by atoms with Gasteiger partial charge in [-0.25, -0.2) is 0 Å². The van der Waals surface area contributed by atoms with Gasteiger partial charge in [-0.2, -0.15) is 30.7 Å². The third-order valence-corrected chi connectivity index (χ3v) is 6.74. The van der Waals surface area contributed by atoms with Crippen LogP contribution in [0.5, 0.6) is 11.5 Å². The lowest BCUT2D eigenvalue weighted by molar-refractivity contribution is -0.144. The second kappa shape index (κ2) is 19.8. The lowest BCUT2D eigenvalue weighted by Gasteiger charge is -2.06. The first-order valence-corrected chi connectivity index (χ1v) is 16.1. The largest absolute Gasteiger partial charge is 0.494 e. The first-order chi connectivity index (χ1) is 23.9. The molecular formula is C37H40N6O6. The highest BCUT2D eigenvalue weighted by molar-refractivity contribution is 5.69. The number of carbonyl (C=O) groups is 2. The first-order valence-electron chi connectivity index (χ1n) is 16.1. The van der Waals surface area contributed by atoms with Crippen LogP contribution >= 0.6 is 0 Å². The fourth-order valence-electron chi connectivity index (χ4n) is 4.24. The molecule has 0 bridgehead atoms. The Kier molecular flexibility index (Phi) is 14.6. The molecule has 0 amide bonds. The molecule has 4 aromatic carbocycles. The molecule has 0 heterocycles. The number of hydrogen-bond acceptors (Lipinski definition) is 12. The third-order valence-electron chi connectivity index (χ3n) is 6.74. The summed E-state index contributed by atoms with van der Waals surface area (Å²) in [6, 6.07) is 27.4. The maximum Gasteiger partial charge on any atom is 0.305 e. The summed E-state index contributed by atoms with van der Waals surface area (Å²) in [6.45, 7) is 7.14. The van der Waals surface area contributed by atoms with E-state index in [2.05, 4.69) is 30.7 Å². The van der Waals surface area contributed by atoms with Crippen LogP contribution in [0.2, 0.25) is 0 Å². The monoisotopic (exact) mass is 664 g/mol. The second-order valence-electron chi connectivity index (χ2n) is 10.6. The lowest BCUT2D eigenvalue weighted by Crippen LogP contribution is -2.06. The Morgan fingerprint density at radius 3 is 1.29 bits per heavy atom. The van der Waals surface area contributed by atoms with Crippen molar-refractivity contribution in [3.8, 4) is 11.5 Å².